The highest BCUT2D eigenvalue weighted by Gasteiger charge is 2.66. The summed E-state index contributed by atoms with van der Waals surface area (Å²) in [7, 11) is 5.40. The first-order chi connectivity index (χ1) is 18.1. The normalized spacial score (nSPS) is 29.0. The number of carbonyl (C=O) groups is 1. The number of methoxy groups -OCH3 is 1. The number of piperidine rings is 1. The predicted octanol–water partition coefficient (Wildman–Crippen LogP) is 3.97. The second kappa shape index (κ2) is 8.57. The zero-order chi connectivity index (χ0) is 27.0. The van der Waals surface area contributed by atoms with Crippen LogP contribution in [0, 0.1) is 17.8 Å². The van der Waals surface area contributed by atoms with Crippen molar-refractivity contribution in [3.8, 4) is 29.1 Å². The Kier molecular flexibility index (Phi) is 5.62. The molecule has 6 nitrogen and oxygen atoms in total. The molecule has 2 fully saturated rings. The van der Waals surface area contributed by atoms with E-state index in [0.717, 1.165) is 55.5 Å². The van der Waals surface area contributed by atoms with Crippen LogP contribution >= 0.6 is 0 Å². The number of hydrogen-bond donors (Lipinski definition) is 1. The SMILES string of the molecule is COc1cc(O)c2c3c1O[C@H]1[C@@H](N(C)C(=O)C#Cc4ccc(C(F)(F)F)cc4)CC[C@H]4[C@@H](C2)N(C)CC[C@@]341. The first-order valence-corrected chi connectivity index (χ1v) is 12.8. The summed E-state index contributed by atoms with van der Waals surface area (Å²) in [6.07, 6.45) is -1.51. The number of benzene rings is 2. The molecule has 1 saturated carbocycles. The number of aromatic hydroxyl groups is 1. The average molecular weight is 527 g/mol. The van der Waals surface area contributed by atoms with Crippen molar-refractivity contribution in [2.24, 2.45) is 5.92 Å². The topological polar surface area (TPSA) is 62.2 Å². The summed E-state index contributed by atoms with van der Waals surface area (Å²) in [6, 6.07) is 6.10. The second-order valence-corrected chi connectivity index (χ2v) is 10.9. The molecule has 2 bridgehead atoms. The lowest BCUT2D eigenvalue weighted by Gasteiger charge is -2.59. The van der Waals surface area contributed by atoms with E-state index < -0.39 is 17.6 Å². The fourth-order valence-corrected chi connectivity index (χ4v) is 7.42. The lowest BCUT2D eigenvalue weighted by atomic mass is 9.51. The van der Waals surface area contributed by atoms with Gasteiger partial charge in [-0.15, -0.1) is 0 Å². The lowest BCUT2D eigenvalue weighted by molar-refractivity contribution is -0.137. The largest absolute Gasteiger partial charge is 0.508 e. The molecule has 1 N–H and O–H groups in total. The number of halogens is 3. The Morgan fingerprint density at radius 1 is 1.26 bits per heavy atom. The fraction of sp³-hybridized carbons (Fsp3) is 0.483. The van der Waals surface area contributed by atoms with Crippen LogP contribution in [0.1, 0.15) is 41.5 Å². The van der Waals surface area contributed by atoms with Crippen molar-refractivity contribution in [2.45, 2.75) is 55.5 Å². The molecule has 2 aromatic carbocycles. The summed E-state index contributed by atoms with van der Waals surface area (Å²) < 4.78 is 50.8. The maximum atomic E-state index is 13.2. The van der Waals surface area contributed by atoms with Gasteiger partial charge in [-0.05, 0) is 69.5 Å². The summed E-state index contributed by atoms with van der Waals surface area (Å²) in [4.78, 5) is 17.2. The van der Waals surface area contributed by atoms with Gasteiger partial charge in [0, 0.05) is 47.2 Å². The molecule has 6 rings (SSSR count). The Labute approximate surface area is 219 Å². The van der Waals surface area contributed by atoms with Gasteiger partial charge >= 0.3 is 6.18 Å². The molecule has 1 amide bonds. The van der Waals surface area contributed by atoms with Crippen molar-refractivity contribution in [3.05, 3.63) is 52.6 Å². The minimum Gasteiger partial charge on any atom is -0.508 e. The van der Waals surface area contributed by atoms with Crippen molar-refractivity contribution in [3.63, 3.8) is 0 Å². The number of alkyl halides is 3. The molecule has 0 radical (unpaired) electrons. The van der Waals surface area contributed by atoms with Gasteiger partial charge < -0.3 is 24.4 Å². The third kappa shape index (κ3) is 3.49. The number of ether oxygens (including phenoxy) is 2. The Morgan fingerprint density at radius 3 is 2.68 bits per heavy atom. The van der Waals surface area contributed by atoms with E-state index in [-0.39, 0.29) is 29.4 Å². The van der Waals surface area contributed by atoms with Crippen LogP contribution in [0.3, 0.4) is 0 Å². The molecule has 2 aliphatic heterocycles. The molecular weight excluding hydrogens is 497 g/mol. The summed E-state index contributed by atoms with van der Waals surface area (Å²) >= 11 is 0. The third-order valence-corrected chi connectivity index (χ3v) is 9.22. The molecule has 1 spiro atoms. The van der Waals surface area contributed by atoms with Crippen LogP contribution in [0.5, 0.6) is 17.2 Å². The van der Waals surface area contributed by atoms with Crippen LogP contribution in [-0.2, 0) is 22.8 Å². The summed E-state index contributed by atoms with van der Waals surface area (Å²) in [5, 5.41) is 10.9. The molecule has 2 heterocycles. The predicted molar refractivity (Wildman–Crippen MR) is 133 cm³/mol. The standard InChI is InChI=1S/C29H29F3N2O4/c1-33-13-12-28-19-9-10-20(34(2)24(36)11-6-16-4-7-17(8-5-16)29(30,31)32)27(28)38-26-23(37-3)15-22(35)18(25(26)28)14-21(19)33/h4-5,7-8,15,19-21,27,35H,9-10,12-14H2,1-3H3/t19-,20-,21+,27-,28-/m0/s1. The number of nitrogens with zero attached hydrogens (tertiary/aromatic N) is 2. The molecule has 0 aromatic heterocycles. The van der Waals surface area contributed by atoms with Crippen molar-refractivity contribution in [1.29, 1.82) is 0 Å². The van der Waals surface area contributed by atoms with Crippen molar-refractivity contribution >= 4 is 5.91 Å². The van der Waals surface area contributed by atoms with E-state index in [1.165, 1.54) is 12.1 Å². The van der Waals surface area contributed by atoms with E-state index in [1.807, 2.05) is 0 Å². The molecule has 5 atom stereocenters. The van der Waals surface area contributed by atoms with Gasteiger partial charge in [-0.25, -0.2) is 0 Å². The molecule has 9 heteroatoms. The number of likely N-dealkylation sites (tertiary alicyclic amines) is 1. The Bertz CT molecular complexity index is 1360. The fourth-order valence-electron chi connectivity index (χ4n) is 7.42. The first-order valence-electron chi connectivity index (χ1n) is 12.8. The molecule has 1 saturated heterocycles. The minimum atomic E-state index is -4.43. The van der Waals surface area contributed by atoms with Crippen LogP contribution in [0.15, 0.2) is 30.3 Å². The molecule has 2 aliphatic carbocycles. The number of amides is 1. The smallest absolute Gasteiger partial charge is 0.416 e. The lowest BCUT2D eigenvalue weighted by Crippen LogP contribution is -2.68. The Morgan fingerprint density at radius 2 is 2.00 bits per heavy atom. The zero-order valence-corrected chi connectivity index (χ0v) is 21.4. The Balaban J connectivity index is 1.33. The van der Waals surface area contributed by atoms with Crippen LogP contribution in [-0.4, -0.2) is 66.8 Å². The van der Waals surface area contributed by atoms with Crippen molar-refractivity contribution < 1.29 is 32.5 Å². The van der Waals surface area contributed by atoms with Gasteiger partial charge in [0.1, 0.15) is 11.9 Å². The average Bonchev–Trinajstić information content (AvgIpc) is 3.24. The van der Waals surface area contributed by atoms with E-state index in [1.54, 1.807) is 25.1 Å². The zero-order valence-electron chi connectivity index (χ0n) is 21.4. The molecule has 0 unspecified atom stereocenters. The first kappa shape index (κ1) is 24.9. The second-order valence-electron chi connectivity index (χ2n) is 10.9. The van der Waals surface area contributed by atoms with E-state index in [9.17, 15) is 23.1 Å². The highest BCUT2D eigenvalue weighted by Crippen LogP contribution is 2.65. The number of phenols is 1. The van der Waals surface area contributed by atoms with Gasteiger partial charge in [0.25, 0.3) is 5.91 Å². The quantitative estimate of drug-likeness (QED) is 0.601. The minimum absolute atomic E-state index is 0.219. The van der Waals surface area contributed by atoms with Gasteiger partial charge in [0.15, 0.2) is 11.5 Å². The number of hydrogen-bond acceptors (Lipinski definition) is 5. The van der Waals surface area contributed by atoms with E-state index in [0.29, 0.717) is 23.0 Å². The maximum absolute atomic E-state index is 13.2. The van der Waals surface area contributed by atoms with Crippen LogP contribution in [0.4, 0.5) is 13.2 Å². The van der Waals surface area contributed by atoms with Crippen LogP contribution in [0.25, 0.3) is 0 Å². The summed E-state index contributed by atoms with van der Waals surface area (Å²) in [5.41, 5.74) is 1.18. The highest BCUT2D eigenvalue weighted by atomic mass is 19.4. The summed E-state index contributed by atoms with van der Waals surface area (Å²) in [5.74, 6) is 6.61. The van der Waals surface area contributed by atoms with Gasteiger partial charge in [0.2, 0.25) is 0 Å². The van der Waals surface area contributed by atoms with Gasteiger partial charge in [-0.3, -0.25) is 4.79 Å². The molecule has 200 valence electrons. The molecular formula is C29H29F3N2O4. The number of likely N-dealkylation sites (N-methyl/N-ethyl adjacent to an activating group) is 2. The van der Waals surface area contributed by atoms with Gasteiger partial charge in [-0.1, -0.05) is 5.92 Å². The molecule has 4 aliphatic rings. The molecule has 38 heavy (non-hydrogen) atoms. The van der Waals surface area contributed by atoms with Crippen molar-refractivity contribution in [2.75, 3.05) is 27.7 Å². The van der Waals surface area contributed by atoms with E-state index in [4.69, 9.17) is 9.47 Å². The molecule has 2 aromatic rings. The number of phenolic OH excluding ortho intramolecular Hbond substituents is 1. The van der Waals surface area contributed by atoms with E-state index >= 15 is 0 Å². The maximum Gasteiger partial charge on any atom is 0.416 e. The van der Waals surface area contributed by atoms with Crippen molar-refractivity contribution in [1.82, 2.24) is 9.80 Å². The Hall–Kier alpha value is -3.38. The monoisotopic (exact) mass is 526 g/mol. The number of rotatable bonds is 2. The van der Waals surface area contributed by atoms with Gasteiger partial charge in [-0.2, -0.15) is 13.2 Å². The van der Waals surface area contributed by atoms with Crippen LogP contribution < -0.4 is 9.47 Å². The highest BCUT2D eigenvalue weighted by molar-refractivity contribution is 5.94. The summed E-state index contributed by atoms with van der Waals surface area (Å²) in [6.45, 7) is 0.885. The van der Waals surface area contributed by atoms with Gasteiger partial charge in [0.05, 0.1) is 18.7 Å². The third-order valence-electron chi connectivity index (χ3n) is 9.22. The van der Waals surface area contributed by atoms with E-state index in [2.05, 4.69) is 23.8 Å². The number of carbonyl (C=O) groups excluding carboxylic acids is 1. The van der Waals surface area contributed by atoms with Crippen LogP contribution in [0.2, 0.25) is 0 Å².